The second kappa shape index (κ2) is 4.93. The van der Waals surface area contributed by atoms with Crippen molar-refractivity contribution >= 4 is 14.0 Å². The van der Waals surface area contributed by atoms with Gasteiger partial charge in [0.15, 0.2) is 0 Å². The van der Waals surface area contributed by atoms with E-state index in [2.05, 4.69) is 33.7 Å². The number of carbonyl (C=O) groups is 1. The lowest BCUT2D eigenvalue weighted by Crippen LogP contribution is -2.52. The molecule has 0 heterocycles. The van der Waals surface area contributed by atoms with E-state index in [0.29, 0.717) is 6.61 Å². The summed E-state index contributed by atoms with van der Waals surface area (Å²) in [6.45, 7) is 9.98. The molecule has 4 heteroatoms. The maximum absolute atomic E-state index is 10.6. The molecule has 3 nitrogen and oxygen atoms in total. The number of rotatable bonds is 5. The van der Waals surface area contributed by atoms with Gasteiger partial charge < -0.3 is 9.22 Å². The number of likely N-dealkylation sites (N-methyl/N-ethyl adjacent to an activating group) is 1. The van der Waals surface area contributed by atoms with Crippen molar-refractivity contribution in [2.45, 2.75) is 26.6 Å². The number of hydrogen-bond acceptors (Lipinski definition) is 2. The van der Waals surface area contributed by atoms with Gasteiger partial charge in [-0.3, -0.25) is 4.79 Å². The van der Waals surface area contributed by atoms with Crippen LogP contribution >= 0.6 is 0 Å². The predicted molar refractivity (Wildman–Crippen MR) is 61.8 cm³/mol. The zero-order chi connectivity index (χ0) is 11.4. The molecule has 0 spiro atoms. The first-order valence-corrected chi connectivity index (χ1v) is 8.78. The first kappa shape index (κ1) is 13.6. The Labute approximate surface area is 88.6 Å². The first-order chi connectivity index (χ1) is 6.12. The highest BCUT2D eigenvalue weighted by molar-refractivity contribution is 6.75. The molecule has 0 aromatic rings. The second-order valence-electron chi connectivity index (χ2n) is 5.72. The van der Waals surface area contributed by atoms with Crippen LogP contribution in [0.4, 0.5) is 0 Å². The lowest BCUT2D eigenvalue weighted by Gasteiger charge is -2.34. The highest BCUT2D eigenvalue weighted by atomic mass is 28.3. The third kappa shape index (κ3) is 8.25. The summed E-state index contributed by atoms with van der Waals surface area (Å²) in [5.74, 6) is -0.182. The fourth-order valence-corrected chi connectivity index (χ4v) is 4.53. The van der Waals surface area contributed by atoms with Crippen LogP contribution in [-0.2, 0) is 9.53 Å². The zero-order valence-corrected chi connectivity index (χ0v) is 11.4. The molecule has 0 saturated carbocycles. The van der Waals surface area contributed by atoms with Gasteiger partial charge >= 0.3 is 5.97 Å². The Bertz CT molecular complexity index is 197. The summed E-state index contributed by atoms with van der Waals surface area (Å²) in [5, 5.41) is 0. The molecule has 0 aromatic heterocycles. The van der Waals surface area contributed by atoms with E-state index in [1.807, 2.05) is 0 Å². The average Bonchev–Trinajstić information content (AvgIpc) is 1.78. The van der Waals surface area contributed by atoms with E-state index in [4.69, 9.17) is 4.74 Å². The maximum atomic E-state index is 10.6. The minimum Gasteiger partial charge on any atom is -0.460 e. The molecule has 14 heavy (non-hydrogen) atoms. The van der Waals surface area contributed by atoms with Crippen LogP contribution in [0.1, 0.15) is 6.92 Å². The Kier molecular flexibility index (Phi) is 4.81. The molecule has 0 aliphatic rings. The van der Waals surface area contributed by atoms with Gasteiger partial charge in [0.1, 0.15) is 21.2 Å². The van der Waals surface area contributed by atoms with Crippen LogP contribution in [0.3, 0.4) is 0 Å². The molecule has 0 N–H and O–H groups in total. The van der Waals surface area contributed by atoms with Crippen molar-refractivity contribution in [3.63, 3.8) is 0 Å². The van der Waals surface area contributed by atoms with Crippen molar-refractivity contribution in [3.05, 3.63) is 0 Å². The molecule has 0 amide bonds. The summed E-state index contributed by atoms with van der Waals surface area (Å²) < 4.78 is 5.90. The molecule has 0 aromatic carbocycles. The van der Waals surface area contributed by atoms with Crippen molar-refractivity contribution in [3.8, 4) is 0 Å². The van der Waals surface area contributed by atoms with Gasteiger partial charge in [0.05, 0.1) is 20.3 Å². The van der Waals surface area contributed by atoms with E-state index in [1.165, 1.54) is 13.1 Å². The van der Waals surface area contributed by atoms with Gasteiger partial charge in [-0.2, -0.15) is 0 Å². The quantitative estimate of drug-likeness (QED) is 0.397. The third-order valence-electron chi connectivity index (χ3n) is 1.90. The Morgan fingerprint density at radius 2 is 1.79 bits per heavy atom. The molecule has 0 radical (unpaired) electrons. The molecule has 0 bridgehead atoms. The molecule has 84 valence electrons. The standard InChI is InChI=1S/C10H24NO2Si/c1-10(12)13-8-7-11(2,3)9-14(4,5)6/h7-9H2,1-6H3/q+1. The number of quaternary nitrogens is 1. The van der Waals surface area contributed by atoms with Gasteiger partial charge in [0.25, 0.3) is 0 Å². The molecule has 0 saturated heterocycles. The summed E-state index contributed by atoms with van der Waals surface area (Å²) in [6, 6.07) is 0. The van der Waals surface area contributed by atoms with Crippen LogP contribution in [0.5, 0.6) is 0 Å². The molecule has 0 aliphatic heterocycles. The number of carbonyl (C=O) groups excluding carboxylic acids is 1. The van der Waals surface area contributed by atoms with Crippen molar-refractivity contribution in [2.24, 2.45) is 0 Å². The van der Waals surface area contributed by atoms with Crippen LogP contribution < -0.4 is 0 Å². The van der Waals surface area contributed by atoms with Crippen molar-refractivity contribution < 1.29 is 14.0 Å². The summed E-state index contributed by atoms with van der Waals surface area (Å²) in [7, 11) is 3.35. The van der Waals surface area contributed by atoms with Crippen LogP contribution in [0, 0.1) is 0 Å². The summed E-state index contributed by atoms with van der Waals surface area (Å²) >= 11 is 0. The lowest BCUT2D eigenvalue weighted by atomic mass is 10.5. The van der Waals surface area contributed by atoms with Crippen LogP contribution in [0.2, 0.25) is 19.6 Å². The van der Waals surface area contributed by atoms with Crippen molar-refractivity contribution in [1.29, 1.82) is 0 Å². The zero-order valence-electron chi connectivity index (χ0n) is 10.4. The Hall–Kier alpha value is -0.353. The Morgan fingerprint density at radius 3 is 2.14 bits per heavy atom. The minimum absolute atomic E-state index is 0.182. The summed E-state index contributed by atoms with van der Waals surface area (Å²) in [6.07, 6.45) is 1.22. The molecular weight excluding hydrogens is 194 g/mol. The Balaban J connectivity index is 3.89. The number of hydrogen-bond donors (Lipinski definition) is 0. The molecule has 0 rings (SSSR count). The molecule has 0 fully saturated rings. The minimum atomic E-state index is -1.04. The van der Waals surface area contributed by atoms with Crippen molar-refractivity contribution in [1.82, 2.24) is 0 Å². The van der Waals surface area contributed by atoms with Gasteiger partial charge in [0.2, 0.25) is 0 Å². The average molecular weight is 218 g/mol. The smallest absolute Gasteiger partial charge is 0.302 e. The maximum Gasteiger partial charge on any atom is 0.302 e. The largest absolute Gasteiger partial charge is 0.460 e. The normalized spacial score (nSPS) is 12.7. The van der Waals surface area contributed by atoms with Crippen LogP contribution in [0.25, 0.3) is 0 Å². The van der Waals surface area contributed by atoms with E-state index in [1.54, 1.807) is 0 Å². The SMILES string of the molecule is CC(=O)OCC[N+](C)(C)C[Si](C)(C)C. The van der Waals surface area contributed by atoms with E-state index >= 15 is 0 Å². The topological polar surface area (TPSA) is 26.3 Å². The van der Waals surface area contributed by atoms with Gasteiger partial charge in [-0.15, -0.1) is 0 Å². The lowest BCUT2D eigenvalue weighted by molar-refractivity contribution is -0.880. The van der Waals surface area contributed by atoms with Crippen molar-refractivity contribution in [2.75, 3.05) is 33.4 Å². The fraction of sp³-hybridized carbons (Fsp3) is 0.900. The Morgan fingerprint density at radius 1 is 1.29 bits per heavy atom. The molecule has 0 aliphatic carbocycles. The monoisotopic (exact) mass is 218 g/mol. The first-order valence-electron chi connectivity index (χ1n) is 5.08. The van der Waals surface area contributed by atoms with Gasteiger partial charge in [-0.25, -0.2) is 0 Å². The third-order valence-corrected chi connectivity index (χ3v) is 3.71. The molecule has 0 atom stereocenters. The van der Waals surface area contributed by atoms with Crippen LogP contribution in [-0.4, -0.2) is 51.9 Å². The fourth-order valence-electron chi connectivity index (χ4n) is 1.80. The number of nitrogens with zero attached hydrogens (tertiary/aromatic N) is 1. The number of esters is 1. The highest BCUT2D eigenvalue weighted by Gasteiger charge is 2.26. The summed E-state index contributed by atoms with van der Waals surface area (Å²) in [5.41, 5.74) is 0. The predicted octanol–water partition coefficient (Wildman–Crippen LogP) is 1.50. The van der Waals surface area contributed by atoms with Crippen LogP contribution in [0.15, 0.2) is 0 Å². The second-order valence-corrected chi connectivity index (χ2v) is 11.2. The molecule has 0 unspecified atom stereocenters. The molecular formula is C10H24NO2Si+. The van der Waals surface area contributed by atoms with Gasteiger partial charge in [0, 0.05) is 6.92 Å². The van der Waals surface area contributed by atoms with Gasteiger partial charge in [-0.05, 0) is 0 Å². The van der Waals surface area contributed by atoms with E-state index in [0.717, 1.165) is 11.0 Å². The van der Waals surface area contributed by atoms with E-state index in [9.17, 15) is 4.79 Å². The number of ether oxygens (including phenoxy) is 1. The summed E-state index contributed by atoms with van der Waals surface area (Å²) in [4.78, 5) is 10.6. The van der Waals surface area contributed by atoms with Gasteiger partial charge in [-0.1, -0.05) is 19.6 Å². The van der Waals surface area contributed by atoms with E-state index in [-0.39, 0.29) is 5.97 Å². The van der Waals surface area contributed by atoms with E-state index < -0.39 is 8.07 Å². The highest BCUT2D eigenvalue weighted by Crippen LogP contribution is 2.08.